The Morgan fingerprint density at radius 3 is 3.05 bits per heavy atom. The third-order valence-electron chi connectivity index (χ3n) is 4.16. The summed E-state index contributed by atoms with van der Waals surface area (Å²) in [5.74, 6) is 0.623. The number of fused-ring (bicyclic) bond motifs is 1. The van der Waals surface area contributed by atoms with E-state index in [1.54, 1.807) is 23.5 Å². The second-order valence-corrected chi connectivity index (χ2v) is 6.94. The van der Waals surface area contributed by atoms with Crippen LogP contribution in [0.5, 0.6) is 0 Å². The van der Waals surface area contributed by atoms with Crippen LogP contribution < -0.4 is 5.73 Å². The highest BCUT2D eigenvalue weighted by atomic mass is 32.1. The van der Waals surface area contributed by atoms with E-state index in [2.05, 4.69) is 11.8 Å². The highest BCUT2D eigenvalue weighted by Crippen LogP contribution is 2.34. The maximum Gasteiger partial charge on any atom is 0.132 e. The summed E-state index contributed by atoms with van der Waals surface area (Å²) in [5, 5.41) is 0.788. The van der Waals surface area contributed by atoms with Gasteiger partial charge in [-0.15, -0.1) is 11.3 Å². The Morgan fingerprint density at radius 2 is 2.30 bits per heavy atom. The Bertz CT molecular complexity index is 608. The van der Waals surface area contributed by atoms with Crippen LogP contribution >= 0.6 is 11.3 Å². The third kappa shape index (κ3) is 2.60. The summed E-state index contributed by atoms with van der Waals surface area (Å²) in [6.07, 6.45) is 2.54. The highest BCUT2D eigenvalue weighted by molar-refractivity contribution is 7.19. The number of benzene rings is 1. The van der Waals surface area contributed by atoms with E-state index in [0.717, 1.165) is 46.1 Å². The minimum Gasteiger partial charge on any atom is -0.326 e. The normalized spacial score (nSPS) is 20.6. The van der Waals surface area contributed by atoms with Crippen molar-refractivity contribution in [1.82, 2.24) is 4.90 Å². The molecule has 4 heteroatoms. The molecule has 2 N–H and O–H groups in total. The van der Waals surface area contributed by atoms with Crippen molar-refractivity contribution in [1.29, 1.82) is 0 Å². The second-order valence-electron chi connectivity index (χ2n) is 5.80. The molecule has 1 unspecified atom stereocenters. The van der Waals surface area contributed by atoms with E-state index < -0.39 is 0 Å². The molecule has 1 saturated heterocycles. The van der Waals surface area contributed by atoms with Crippen molar-refractivity contribution in [3.05, 3.63) is 34.5 Å². The zero-order chi connectivity index (χ0) is 14.1. The molecule has 1 aliphatic heterocycles. The van der Waals surface area contributed by atoms with Gasteiger partial charge in [-0.1, -0.05) is 13.0 Å². The quantitative estimate of drug-likeness (QED) is 0.934. The lowest BCUT2D eigenvalue weighted by molar-refractivity contribution is 0.177. The monoisotopic (exact) mass is 292 g/mol. The molecule has 0 saturated carbocycles. The van der Waals surface area contributed by atoms with Crippen molar-refractivity contribution in [3.63, 3.8) is 0 Å². The summed E-state index contributed by atoms with van der Waals surface area (Å²) < 4.78 is 15.2. The van der Waals surface area contributed by atoms with Gasteiger partial charge in [0.1, 0.15) is 5.82 Å². The largest absolute Gasteiger partial charge is 0.326 e. The molecule has 0 aliphatic carbocycles. The average molecular weight is 292 g/mol. The fraction of sp³-hybridized carbons (Fsp3) is 0.500. The number of likely N-dealkylation sites (tertiary alicyclic amines) is 1. The molecule has 1 aromatic carbocycles. The van der Waals surface area contributed by atoms with E-state index >= 15 is 0 Å². The molecule has 0 radical (unpaired) electrons. The summed E-state index contributed by atoms with van der Waals surface area (Å²) in [6.45, 7) is 5.84. The van der Waals surface area contributed by atoms with Gasteiger partial charge in [0.05, 0.1) is 0 Å². The standard InChI is InChI=1S/C16H21FN2S/c1-11-4-3-7-19(9-11)10-12-15(8-18)20-14-6-2-5-13(17)16(12)14/h2,5-6,11H,3-4,7-10,18H2,1H3. The molecular formula is C16H21FN2S. The Balaban J connectivity index is 1.97. The molecule has 2 heterocycles. The molecule has 1 fully saturated rings. The second kappa shape index (κ2) is 5.80. The van der Waals surface area contributed by atoms with Crippen molar-refractivity contribution in [3.8, 4) is 0 Å². The SMILES string of the molecule is CC1CCCN(Cc2c(CN)sc3cccc(F)c23)C1. The number of nitrogens with zero attached hydrogens (tertiary/aromatic N) is 1. The van der Waals surface area contributed by atoms with Gasteiger partial charge >= 0.3 is 0 Å². The van der Waals surface area contributed by atoms with Gasteiger partial charge in [-0.2, -0.15) is 0 Å². The van der Waals surface area contributed by atoms with Crippen molar-refractivity contribution in [2.24, 2.45) is 11.7 Å². The first kappa shape index (κ1) is 14.0. The summed E-state index contributed by atoms with van der Waals surface area (Å²) in [6, 6.07) is 5.32. The topological polar surface area (TPSA) is 29.3 Å². The number of hydrogen-bond donors (Lipinski definition) is 1. The maximum absolute atomic E-state index is 14.2. The van der Waals surface area contributed by atoms with Crippen LogP contribution in [0.25, 0.3) is 10.1 Å². The Morgan fingerprint density at radius 1 is 1.45 bits per heavy atom. The van der Waals surface area contributed by atoms with Gasteiger partial charge in [0.2, 0.25) is 0 Å². The number of piperidine rings is 1. The van der Waals surface area contributed by atoms with Crippen molar-refractivity contribution >= 4 is 21.4 Å². The minimum atomic E-state index is -0.112. The van der Waals surface area contributed by atoms with E-state index in [9.17, 15) is 4.39 Å². The molecule has 1 atom stereocenters. The molecule has 108 valence electrons. The van der Waals surface area contributed by atoms with Crippen LogP contribution in [0.3, 0.4) is 0 Å². The van der Waals surface area contributed by atoms with Crippen LogP contribution in [0.1, 0.15) is 30.2 Å². The maximum atomic E-state index is 14.2. The fourth-order valence-electron chi connectivity index (χ4n) is 3.20. The average Bonchev–Trinajstić information content (AvgIpc) is 2.78. The van der Waals surface area contributed by atoms with E-state index in [1.807, 2.05) is 6.07 Å². The van der Waals surface area contributed by atoms with Crippen molar-refractivity contribution < 1.29 is 4.39 Å². The molecule has 0 amide bonds. The van der Waals surface area contributed by atoms with Crippen LogP contribution in [-0.2, 0) is 13.1 Å². The van der Waals surface area contributed by atoms with E-state index in [4.69, 9.17) is 5.73 Å². The molecule has 2 nitrogen and oxygen atoms in total. The van der Waals surface area contributed by atoms with E-state index in [0.29, 0.717) is 6.54 Å². The van der Waals surface area contributed by atoms with E-state index in [1.165, 1.54) is 12.8 Å². The first-order valence-corrected chi connectivity index (χ1v) is 8.12. The molecule has 2 aromatic rings. The molecule has 20 heavy (non-hydrogen) atoms. The smallest absolute Gasteiger partial charge is 0.132 e. The van der Waals surface area contributed by atoms with Crippen molar-refractivity contribution in [2.75, 3.05) is 13.1 Å². The zero-order valence-corrected chi connectivity index (χ0v) is 12.7. The van der Waals surface area contributed by atoms with E-state index in [-0.39, 0.29) is 5.82 Å². The lowest BCUT2D eigenvalue weighted by atomic mass is 9.99. The van der Waals surface area contributed by atoms with Gasteiger partial charge in [-0.3, -0.25) is 4.90 Å². The first-order chi connectivity index (χ1) is 9.69. The minimum absolute atomic E-state index is 0.112. The molecule has 3 rings (SSSR count). The first-order valence-electron chi connectivity index (χ1n) is 7.30. The van der Waals surface area contributed by atoms with Crippen LogP contribution in [-0.4, -0.2) is 18.0 Å². The van der Waals surface area contributed by atoms with Gasteiger partial charge in [0.15, 0.2) is 0 Å². The van der Waals surface area contributed by atoms with Gasteiger partial charge in [0, 0.05) is 34.6 Å². The third-order valence-corrected chi connectivity index (χ3v) is 5.37. The number of halogens is 1. The fourth-order valence-corrected chi connectivity index (χ4v) is 4.31. The van der Waals surface area contributed by atoms with Gasteiger partial charge in [-0.25, -0.2) is 4.39 Å². The molecular weight excluding hydrogens is 271 g/mol. The van der Waals surface area contributed by atoms with Crippen LogP contribution in [0, 0.1) is 11.7 Å². The lowest BCUT2D eigenvalue weighted by Gasteiger charge is -2.31. The Kier molecular flexibility index (Phi) is 4.06. The van der Waals surface area contributed by atoms with Crippen molar-refractivity contribution in [2.45, 2.75) is 32.9 Å². The number of thiophene rings is 1. The highest BCUT2D eigenvalue weighted by Gasteiger charge is 2.21. The zero-order valence-electron chi connectivity index (χ0n) is 11.9. The summed E-state index contributed by atoms with van der Waals surface area (Å²) in [5.41, 5.74) is 6.98. The van der Waals surface area contributed by atoms with Gasteiger partial charge < -0.3 is 5.73 Å². The summed E-state index contributed by atoms with van der Waals surface area (Å²) >= 11 is 1.64. The molecule has 1 aromatic heterocycles. The predicted molar refractivity (Wildman–Crippen MR) is 83.3 cm³/mol. The van der Waals surface area contributed by atoms with Crippen LogP contribution in [0.4, 0.5) is 4.39 Å². The van der Waals surface area contributed by atoms with Gasteiger partial charge in [-0.05, 0) is 43.0 Å². The number of rotatable bonds is 3. The summed E-state index contributed by atoms with van der Waals surface area (Å²) in [4.78, 5) is 3.57. The molecule has 0 spiro atoms. The Hall–Kier alpha value is -0.970. The van der Waals surface area contributed by atoms with Crippen LogP contribution in [0.2, 0.25) is 0 Å². The van der Waals surface area contributed by atoms with Crippen LogP contribution in [0.15, 0.2) is 18.2 Å². The predicted octanol–water partition coefficient (Wildman–Crippen LogP) is 3.73. The lowest BCUT2D eigenvalue weighted by Crippen LogP contribution is -2.34. The Labute approximate surface area is 123 Å². The molecule has 1 aliphatic rings. The molecule has 0 bridgehead atoms. The summed E-state index contributed by atoms with van der Waals surface area (Å²) in [7, 11) is 0. The number of nitrogens with two attached hydrogens (primary N) is 1. The number of hydrogen-bond acceptors (Lipinski definition) is 3. The van der Waals surface area contributed by atoms with Gasteiger partial charge in [0.25, 0.3) is 0 Å².